The number of nitrogens with zero attached hydrogens (tertiary/aromatic N) is 8. The first-order valence-corrected chi connectivity index (χ1v) is 20.3. The highest BCUT2D eigenvalue weighted by atomic mass is 127. The van der Waals surface area contributed by atoms with Crippen LogP contribution in [-0.4, -0.2) is 65.7 Å². The molecule has 5 heterocycles. The standard InChI is InChI=1S/C16H22BrN5OSSi.C7H5BrIN3S/c1-24-16-15-18-8-13(22(15)10-14(17)20-16)12-7-19-21(9-12)11-23-5-6-25(2,3)4;1-13-7-6-10-2-5(9)12(6)3-4(8)11-7/h7-10H,5-6,11H2,1-4H3;2-3H,1H3. The zero-order valence-electron chi connectivity index (χ0n) is 21.5. The number of rotatable bonds is 8. The van der Waals surface area contributed by atoms with Crippen LogP contribution in [0, 0.1) is 3.70 Å². The Hall–Kier alpha value is -0.983. The van der Waals surface area contributed by atoms with Crippen molar-refractivity contribution in [3.8, 4) is 11.3 Å². The molecule has 0 amide bonds. The summed E-state index contributed by atoms with van der Waals surface area (Å²) >= 11 is 12.3. The van der Waals surface area contributed by atoms with E-state index in [4.69, 9.17) is 4.74 Å². The molecule has 0 unspecified atom stereocenters. The topological polar surface area (TPSA) is 87.4 Å². The van der Waals surface area contributed by atoms with Crippen molar-refractivity contribution in [2.75, 3.05) is 19.1 Å². The predicted octanol–water partition coefficient (Wildman–Crippen LogP) is 7.21. The minimum absolute atomic E-state index is 0.475. The van der Waals surface area contributed by atoms with Crippen LogP contribution in [0.5, 0.6) is 0 Å². The first-order valence-electron chi connectivity index (χ1n) is 11.5. The zero-order valence-corrected chi connectivity index (χ0v) is 29.5. The summed E-state index contributed by atoms with van der Waals surface area (Å²) in [5.41, 5.74) is 3.76. The molecular weight excluding hydrogens is 783 g/mol. The molecule has 15 heteroatoms. The monoisotopic (exact) mass is 808 g/mol. The summed E-state index contributed by atoms with van der Waals surface area (Å²) in [7, 11) is -1.06. The van der Waals surface area contributed by atoms with Crippen molar-refractivity contribution in [1.82, 2.24) is 38.5 Å². The Kier molecular flexibility index (Phi) is 10.4. The van der Waals surface area contributed by atoms with Crippen LogP contribution in [0.1, 0.15) is 0 Å². The molecule has 0 aromatic carbocycles. The molecule has 0 saturated heterocycles. The Morgan fingerprint density at radius 3 is 2.13 bits per heavy atom. The van der Waals surface area contributed by atoms with Crippen LogP contribution in [0.4, 0.5) is 0 Å². The van der Waals surface area contributed by atoms with Gasteiger partial charge in [0.25, 0.3) is 0 Å². The number of aromatic nitrogens is 8. The van der Waals surface area contributed by atoms with Gasteiger partial charge in [0.05, 0.1) is 24.3 Å². The average Bonchev–Trinajstić information content (AvgIpc) is 3.59. The van der Waals surface area contributed by atoms with E-state index in [1.54, 1.807) is 23.5 Å². The maximum absolute atomic E-state index is 5.76. The smallest absolute Gasteiger partial charge is 0.170 e. The fourth-order valence-electron chi connectivity index (χ4n) is 3.43. The van der Waals surface area contributed by atoms with E-state index in [1.165, 1.54) is 0 Å². The minimum atomic E-state index is -1.06. The first kappa shape index (κ1) is 30.0. The molecule has 0 radical (unpaired) electrons. The van der Waals surface area contributed by atoms with Crippen molar-refractivity contribution >= 4 is 97.3 Å². The highest BCUT2D eigenvalue weighted by Crippen LogP contribution is 2.27. The highest BCUT2D eigenvalue weighted by Gasteiger charge is 2.14. The second-order valence-electron chi connectivity index (χ2n) is 9.37. The number of hydrogen-bond acceptors (Lipinski definition) is 8. The van der Waals surface area contributed by atoms with Gasteiger partial charge in [0.15, 0.2) is 11.3 Å². The van der Waals surface area contributed by atoms with Gasteiger partial charge in [-0.2, -0.15) is 5.10 Å². The van der Waals surface area contributed by atoms with Gasteiger partial charge < -0.3 is 4.74 Å². The van der Waals surface area contributed by atoms with E-state index in [-0.39, 0.29) is 0 Å². The van der Waals surface area contributed by atoms with E-state index in [1.807, 2.05) is 63.2 Å². The molecule has 5 aromatic heterocycles. The van der Waals surface area contributed by atoms with Crippen LogP contribution in [-0.2, 0) is 11.5 Å². The van der Waals surface area contributed by atoms with Gasteiger partial charge >= 0.3 is 0 Å². The molecule has 5 rings (SSSR count). The summed E-state index contributed by atoms with van der Waals surface area (Å²) in [5, 5.41) is 6.24. The molecule has 5 aromatic rings. The molecule has 0 bridgehead atoms. The Morgan fingerprint density at radius 2 is 1.50 bits per heavy atom. The summed E-state index contributed by atoms with van der Waals surface area (Å²) in [6.45, 7) is 8.31. The van der Waals surface area contributed by atoms with Crippen molar-refractivity contribution in [3.63, 3.8) is 0 Å². The Balaban J connectivity index is 0.000000216. The number of ether oxygens (including phenoxy) is 1. The van der Waals surface area contributed by atoms with E-state index in [9.17, 15) is 0 Å². The zero-order chi connectivity index (χ0) is 27.4. The van der Waals surface area contributed by atoms with E-state index >= 15 is 0 Å². The lowest BCUT2D eigenvalue weighted by Gasteiger charge is -2.15. The van der Waals surface area contributed by atoms with Gasteiger partial charge in [0.1, 0.15) is 29.7 Å². The van der Waals surface area contributed by atoms with E-state index in [0.29, 0.717) is 6.73 Å². The van der Waals surface area contributed by atoms with Gasteiger partial charge in [-0.15, -0.1) is 23.5 Å². The molecule has 0 aliphatic rings. The molecule has 38 heavy (non-hydrogen) atoms. The maximum atomic E-state index is 5.76. The SMILES string of the molecule is CSc1nc(Br)cn2c(-c3cnn(COCC[Si](C)(C)C)c3)cnc12.CSc1nc(Br)cn2c(I)cnc12. The Labute approximate surface area is 261 Å². The van der Waals surface area contributed by atoms with Crippen LogP contribution in [0.2, 0.25) is 25.7 Å². The normalized spacial score (nSPS) is 11.8. The van der Waals surface area contributed by atoms with E-state index in [2.05, 4.69) is 99.1 Å². The molecule has 202 valence electrons. The first-order chi connectivity index (χ1) is 18.1. The molecule has 0 atom stereocenters. The summed E-state index contributed by atoms with van der Waals surface area (Å²) in [6.07, 6.45) is 15.4. The lowest BCUT2D eigenvalue weighted by atomic mass is 10.3. The molecule has 0 spiro atoms. The fraction of sp³-hybridized carbons (Fsp3) is 0.348. The van der Waals surface area contributed by atoms with Crippen molar-refractivity contribution < 1.29 is 4.74 Å². The summed E-state index contributed by atoms with van der Waals surface area (Å²) in [4.78, 5) is 17.6. The predicted molar refractivity (Wildman–Crippen MR) is 173 cm³/mol. The third-order valence-electron chi connectivity index (χ3n) is 5.35. The van der Waals surface area contributed by atoms with Crippen molar-refractivity contribution in [2.24, 2.45) is 0 Å². The molecule has 0 saturated carbocycles. The molecule has 0 fully saturated rings. The quantitative estimate of drug-likeness (QED) is 0.0705. The lowest BCUT2D eigenvalue weighted by Crippen LogP contribution is -2.22. The summed E-state index contributed by atoms with van der Waals surface area (Å²) in [6, 6.07) is 1.16. The van der Waals surface area contributed by atoms with Gasteiger partial charge in [-0.05, 0) is 73.0 Å². The number of fused-ring (bicyclic) bond motifs is 2. The molecule has 0 aliphatic carbocycles. The van der Waals surface area contributed by atoms with Gasteiger partial charge in [0.2, 0.25) is 0 Å². The van der Waals surface area contributed by atoms with Crippen molar-refractivity contribution in [2.45, 2.75) is 42.5 Å². The van der Waals surface area contributed by atoms with Crippen molar-refractivity contribution in [3.05, 3.63) is 50.1 Å². The highest BCUT2D eigenvalue weighted by molar-refractivity contribution is 14.1. The van der Waals surface area contributed by atoms with Crippen LogP contribution in [0.15, 0.2) is 56.4 Å². The van der Waals surface area contributed by atoms with Gasteiger partial charge in [-0.1, -0.05) is 19.6 Å². The van der Waals surface area contributed by atoms with E-state index in [0.717, 1.165) is 58.2 Å². The number of imidazole rings is 2. The largest absolute Gasteiger partial charge is 0.360 e. The third kappa shape index (κ3) is 7.40. The number of hydrogen-bond donors (Lipinski definition) is 0. The second-order valence-corrected chi connectivity index (χ2v) is 19.3. The third-order valence-corrected chi connectivity index (χ3v) is 9.94. The molecular formula is C23H27Br2IN8OS2Si. The number of halogens is 3. The van der Waals surface area contributed by atoms with Crippen LogP contribution in [0.25, 0.3) is 22.6 Å². The van der Waals surface area contributed by atoms with E-state index < -0.39 is 8.07 Å². The average molecular weight is 810 g/mol. The molecule has 0 aliphatic heterocycles. The summed E-state index contributed by atoms with van der Waals surface area (Å²) < 4.78 is 14.3. The minimum Gasteiger partial charge on any atom is -0.360 e. The van der Waals surface area contributed by atoms with Gasteiger partial charge in [0, 0.05) is 38.8 Å². The fourth-order valence-corrected chi connectivity index (χ4v) is 6.74. The van der Waals surface area contributed by atoms with Crippen LogP contribution < -0.4 is 0 Å². The van der Waals surface area contributed by atoms with Crippen molar-refractivity contribution in [1.29, 1.82) is 0 Å². The molecule has 9 nitrogen and oxygen atoms in total. The Bertz CT molecular complexity index is 1550. The van der Waals surface area contributed by atoms with Crippen LogP contribution in [0.3, 0.4) is 0 Å². The lowest BCUT2D eigenvalue weighted by molar-refractivity contribution is 0.0786. The van der Waals surface area contributed by atoms with Gasteiger partial charge in [-0.3, -0.25) is 8.80 Å². The van der Waals surface area contributed by atoms with Crippen LogP contribution >= 0.6 is 78.0 Å². The van der Waals surface area contributed by atoms with Gasteiger partial charge in [-0.25, -0.2) is 24.6 Å². The summed E-state index contributed by atoms with van der Waals surface area (Å²) in [5.74, 6) is 0. The Morgan fingerprint density at radius 1 is 0.895 bits per heavy atom. The molecule has 0 N–H and O–H groups in total. The maximum Gasteiger partial charge on any atom is 0.170 e. The number of thioether (sulfide) groups is 2. The second kappa shape index (κ2) is 13.1.